The molecule has 9 heteroatoms. The third-order valence-corrected chi connectivity index (χ3v) is 6.94. The third-order valence-electron chi connectivity index (χ3n) is 5.24. The number of hydrogen-bond acceptors (Lipinski definition) is 4. The fraction of sp³-hybridized carbons (Fsp3) is 0.435. The summed E-state index contributed by atoms with van der Waals surface area (Å²) in [5.41, 5.74) is 2.34. The van der Waals surface area contributed by atoms with Crippen LogP contribution in [0.5, 0.6) is 0 Å². The Morgan fingerprint density at radius 2 is 1.94 bits per heavy atom. The summed E-state index contributed by atoms with van der Waals surface area (Å²) in [6.07, 6.45) is 2.64. The molecule has 3 aromatic heterocycles. The number of H-pyrrole nitrogens is 1. The van der Waals surface area contributed by atoms with Gasteiger partial charge in [0, 0.05) is 56.4 Å². The Morgan fingerprint density at radius 1 is 1.19 bits per heavy atom. The standard InChI is InChI=1S/C23H30F2N4O2Si/c1-6-23(24,25)20-14-29(15-31-11-12-32(3,4)5)22(28-20)17-7-9-19(26-13-17)18-8-10-21(30)27-16(18)2/h7-10,13-14H,6,11-12,15H2,1-5H3,(H,27,30). The molecule has 0 radical (unpaired) electrons. The molecule has 172 valence electrons. The van der Waals surface area contributed by atoms with E-state index in [1.165, 1.54) is 19.2 Å². The number of alkyl halides is 2. The van der Waals surface area contributed by atoms with Gasteiger partial charge in [0.15, 0.2) is 0 Å². The van der Waals surface area contributed by atoms with Crippen molar-refractivity contribution in [3.8, 4) is 22.6 Å². The number of aromatic amines is 1. The number of aromatic nitrogens is 4. The second kappa shape index (κ2) is 9.46. The molecule has 3 heterocycles. The lowest BCUT2D eigenvalue weighted by Gasteiger charge is -2.16. The van der Waals surface area contributed by atoms with E-state index < -0.39 is 14.0 Å². The second-order valence-electron chi connectivity index (χ2n) is 9.12. The predicted octanol–water partition coefficient (Wildman–Crippen LogP) is 5.42. The molecular formula is C23H30F2N4O2Si. The summed E-state index contributed by atoms with van der Waals surface area (Å²) < 4.78 is 36.1. The van der Waals surface area contributed by atoms with Crippen LogP contribution in [0, 0.1) is 6.92 Å². The van der Waals surface area contributed by atoms with E-state index in [9.17, 15) is 13.6 Å². The van der Waals surface area contributed by atoms with Gasteiger partial charge in [-0.1, -0.05) is 26.6 Å². The average Bonchev–Trinajstić information content (AvgIpc) is 3.16. The fourth-order valence-electron chi connectivity index (χ4n) is 3.18. The first-order valence-electron chi connectivity index (χ1n) is 10.7. The molecule has 0 amide bonds. The highest BCUT2D eigenvalue weighted by atomic mass is 28.3. The van der Waals surface area contributed by atoms with Gasteiger partial charge in [-0.3, -0.25) is 9.78 Å². The van der Waals surface area contributed by atoms with Crippen LogP contribution in [0.1, 0.15) is 24.7 Å². The first-order valence-corrected chi connectivity index (χ1v) is 14.4. The molecule has 0 aliphatic carbocycles. The minimum absolute atomic E-state index is 0.146. The van der Waals surface area contributed by atoms with Crippen LogP contribution < -0.4 is 5.56 Å². The summed E-state index contributed by atoms with van der Waals surface area (Å²) in [5.74, 6) is -2.63. The lowest BCUT2D eigenvalue weighted by atomic mass is 10.1. The number of rotatable bonds is 9. The molecule has 0 saturated carbocycles. The molecule has 0 aliphatic heterocycles. The van der Waals surface area contributed by atoms with Crippen molar-refractivity contribution >= 4 is 8.07 Å². The normalized spacial score (nSPS) is 12.3. The second-order valence-corrected chi connectivity index (χ2v) is 14.7. The van der Waals surface area contributed by atoms with Crippen molar-refractivity contribution in [1.82, 2.24) is 19.5 Å². The van der Waals surface area contributed by atoms with Gasteiger partial charge in [-0.15, -0.1) is 0 Å². The van der Waals surface area contributed by atoms with Crippen LogP contribution in [0.2, 0.25) is 25.7 Å². The van der Waals surface area contributed by atoms with Crippen LogP contribution in [0.3, 0.4) is 0 Å². The minimum Gasteiger partial charge on any atom is -0.361 e. The minimum atomic E-state index is -3.02. The molecular weight excluding hydrogens is 430 g/mol. The van der Waals surface area contributed by atoms with Gasteiger partial charge in [-0.05, 0) is 31.2 Å². The molecule has 0 unspecified atom stereocenters. The molecule has 0 aromatic carbocycles. The van der Waals surface area contributed by atoms with Crippen molar-refractivity contribution in [2.45, 2.75) is 58.6 Å². The number of imidazole rings is 1. The lowest BCUT2D eigenvalue weighted by molar-refractivity contribution is -0.0127. The number of hydrogen-bond donors (Lipinski definition) is 1. The van der Waals surface area contributed by atoms with Crippen molar-refractivity contribution in [2.24, 2.45) is 0 Å². The number of nitrogens with one attached hydrogen (secondary N) is 1. The summed E-state index contributed by atoms with van der Waals surface area (Å²) in [4.78, 5) is 22.9. The Hall–Kier alpha value is -2.65. The SMILES string of the molecule is CCC(F)(F)c1cn(COCC[Si](C)(C)C)c(-c2ccc(-c3ccc(=O)[nH]c3C)nc2)n1. The Balaban J connectivity index is 1.90. The van der Waals surface area contributed by atoms with E-state index in [0.717, 1.165) is 11.6 Å². The number of halogens is 2. The summed E-state index contributed by atoms with van der Waals surface area (Å²) >= 11 is 0. The molecule has 32 heavy (non-hydrogen) atoms. The molecule has 0 saturated heterocycles. The number of aryl methyl sites for hydroxylation is 1. The van der Waals surface area contributed by atoms with Crippen molar-refractivity contribution in [3.05, 3.63) is 58.4 Å². The lowest BCUT2D eigenvalue weighted by Crippen LogP contribution is -2.22. The van der Waals surface area contributed by atoms with E-state index in [1.807, 2.05) is 0 Å². The molecule has 1 N–H and O–H groups in total. The van der Waals surface area contributed by atoms with Gasteiger partial charge in [-0.25, -0.2) is 4.98 Å². The number of pyridine rings is 2. The van der Waals surface area contributed by atoms with Gasteiger partial charge in [0.1, 0.15) is 18.2 Å². The number of nitrogens with zero attached hydrogens (tertiary/aromatic N) is 3. The first kappa shape index (κ1) is 24.0. The Bertz CT molecular complexity index is 1120. The molecule has 3 aromatic rings. The number of ether oxygens (including phenoxy) is 1. The van der Waals surface area contributed by atoms with Crippen LogP contribution in [-0.4, -0.2) is 34.2 Å². The maximum Gasteiger partial charge on any atom is 0.290 e. The maximum atomic E-state index is 14.3. The van der Waals surface area contributed by atoms with E-state index in [0.29, 0.717) is 29.4 Å². The van der Waals surface area contributed by atoms with Crippen molar-refractivity contribution in [2.75, 3.05) is 6.61 Å². The van der Waals surface area contributed by atoms with Crippen LogP contribution in [0.15, 0.2) is 41.5 Å². The van der Waals surface area contributed by atoms with E-state index in [2.05, 4.69) is 34.6 Å². The molecule has 0 aliphatic rings. The monoisotopic (exact) mass is 460 g/mol. The van der Waals surface area contributed by atoms with Crippen molar-refractivity contribution in [1.29, 1.82) is 0 Å². The van der Waals surface area contributed by atoms with Crippen molar-refractivity contribution in [3.63, 3.8) is 0 Å². The largest absolute Gasteiger partial charge is 0.361 e. The Labute approximate surface area is 187 Å². The van der Waals surface area contributed by atoms with E-state index in [4.69, 9.17) is 4.74 Å². The van der Waals surface area contributed by atoms with E-state index >= 15 is 0 Å². The zero-order chi connectivity index (χ0) is 23.5. The van der Waals surface area contributed by atoms with Gasteiger partial charge >= 0.3 is 0 Å². The average molecular weight is 461 g/mol. The zero-order valence-electron chi connectivity index (χ0n) is 19.2. The predicted molar refractivity (Wildman–Crippen MR) is 125 cm³/mol. The summed E-state index contributed by atoms with van der Waals surface area (Å²) in [6, 6.07) is 7.73. The maximum absolute atomic E-state index is 14.3. The van der Waals surface area contributed by atoms with Crippen LogP contribution in [0.4, 0.5) is 8.78 Å². The smallest absolute Gasteiger partial charge is 0.290 e. The quantitative estimate of drug-likeness (QED) is 0.342. The summed E-state index contributed by atoms with van der Waals surface area (Å²) in [5, 5.41) is 0. The molecule has 0 bridgehead atoms. The first-order chi connectivity index (χ1) is 15.0. The van der Waals surface area contributed by atoms with E-state index in [-0.39, 0.29) is 24.4 Å². The summed E-state index contributed by atoms with van der Waals surface area (Å²) in [6.45, 7) is 10.7. The molecule has 6 nitrogen and oxygen atoms in total. The third kappa shape index (κ3) is 5.77. The highest BCUT2D eigenvalue weighted by molar-refractivity contribution is 6.76. The van der Waals surface area contributed by atoms with Crippen LogP contribution in [0.25, 0.3) is 22.6 Å². The van der Waals surface area contributed by atoms with Crippen molar-refractivity contribution < 1.29 is 13.5 Å². The van der Waals surface area contributed by atoms with Gasteiger partial charge < -0.3 is 14.3 Å². The zero-order valence-corrected chi connectivity index (χ0v) is 20.2. The van der Waals surface area contributed by atoms with Crippen LogP contribution >= 0.6 is 0 Å². The Morgan fingerprint density at radius 3 is 2.53 bits per heavy atom. The Kier molecular flexibility index (Phi) is 7.09. The summed E-state index contributed by atoms with van der Waals surface area (Å²) in [7, 11) is -1.25. The van der Waals surface area contributed by atoms with Gasteiger partial charge in [0.25, 0.3) is 5.92 Å². The highest BCUT2D eigenvalue weighted by Gasteiger charge is 2.33. The molecule has 3 rings (SSSR count). The van der Waals surface area contributed by atoms with Gasteiger partial charge in [0.2, 0.25) is 5.56 Å². The molecule has 0 spiro atoms. The topological polar surface area (TPSA) is 72.8 Å². The molecule has 0 fully saturated rings. The van der Waals surface area contributed by atoms with Gasteiger partial charge in [0.05, 0.1) is 5.69 Å². The van der Waals surface area contributed by atoms with E-state index in [1.54, 1.807) is 35.9 Å². The fourth-order valence-corrected chi connectivity index (χ4v) is 3.94. The van der Waals surface area contributed by atoms with Gasteiger partial charge in [-0.2, -0.15) is 8.78 Å². The van der Waals surface area contributed by atoms with Crippen LogP contribution in [-0.2, 0) is 17.4 Å². The highest BCUT2D eigenvalue weighted by Crippen LogP contribution is 2.33. The molecule has 0 atom stereocenters.